The van der Waals surface area contributed by atoms with E-state index in [1.165, 1.54) is 7.11 Å². The van der Waals surface area contributed by atoms with Crippen LogP contribution in [0.5, 0.6) is 0 Å². The maximum atomic E-state index is 12.5. The van der Waals surface area contributed by atoms with Crippen molar-refractivity contribution < 1.29 is 28.9 Å². The van der Waals surface area contributed by atoms with Gasteiger partial charge in [-0.25, -0.2) is 4.79 Å². The number of fused-ring (bicyclic) bond motifs is 2. The van der Waals surface area contributed by atoms with Gasteiger partial charge in [-0.1, -0.05) is 39.3 Å². The number of ether oxygens (including phenoxy) is 3. The van der Waals surface area contributed by atoms with Gasteiger partial charge in [0.1, 0.15) is 6.10 Å². The van der Waals surface area contributed by atoms with E-state index in [1.807, 2.05) is 19.9 Å². The number of aliphatic hydroxyl groups excluding tert-OH is 1. The van der Waals surface area contributed by atoms with E-state index >= 15 is 0 Å². The first-order chi connectivity index (χ1) is 12.1. The summed E-state index contributed by atoms with van der Waals surface area (Å²) in [5, 5.41) is 10.5. The summed E-state index contributed by atoms with van der Waals surface area (Å²) in [5.41, 5.74) is 1.35. The van der Waals surface area contributed by atoms with Crippen LogP contribution < -0.4 is 0 Å². The molecule has 1 aliphatic heterocycles. The Labute approximate surface area is 154 Å². The quantitative estimate of drug-likeness (QED) is 0.612. The predicted octanol–water partition coefficient (Wildman–Crippen LogP) is 2.51. The summed E-state index contributed by atoms with van der Waals surface area (Å²) in [4.78, 5) is 24.8. The van der Waals surface area contributed by atoms with Gasteiger partial charge in [-0.3, -0.25) is 4.79 Å². The third kappa shape index (κ3) is 2.46. The summed E-state index contributed by atoms with van der Waals surface area (Å²) in [6.45, 7) is 9.17. The van der Waals surface area contributed by atoms with E-state index in [0.717, 1.165) is 5.57 Å². The highest BCUT2D eigenvalue weighted by atomic mass is 16.7. The van der Waals surface area contributed by atoms with Crippen LogP contribution in [0, 0.1) is 17.3 Å². The van der Waals surface area contributed by atoms with Crippen molar-refractivity contribution in [3.63, 3.8) is 0 Å². The molecule has 26 heavy (non-hydrogen) atoms. The summed E-state index contributed by atoms with van der Waals surface area (Å²) < 4.78 is 17.2. The minimum Gasteiger partial charge on any atom is -0.456 e. The second-order valence-corrected chi connectivity index (χ2v) is 8.14. The second-order valence-electron chi connectivity index (χ2n) is 8.14. The van der Waals surface area contributed by atoms with Crippen LogP contribution >= 0.6 is 0 Å². The van der Waals surface area contributed by atoms with Crippen LogP contribution in [0.4, 0.5) is 0 Å². The first-order valence-corrected chi connectivity index (χ1v) is 9.16. The molecule has 6 heteroatoms. The summed E-state index contributed by atoms with van der Waals surface area (Å²) in [6.07, 6.45) is 1.60. The minimum atomic E-state index is -1.24. The zero-order chi connectivity index (χ0) is 19.4. The second kappa shape index (κ2) is 6.20. The number of carbonyl (C=O) groups is 2. The molecule has 1 N–H and O–H groups in total. The smallest absolute Gasteiger partial charge is 0.336 e. The standard InChI is InChI=1S/C20H28O6/c1-10(2)17(22)25-16-15-11(3)18(23)26-20(15,24-6)9-13-7-8-14(21)12(4)19(13,16)5/h7,10,12,14,16,21H,8-9H2,1-6H3. The first kappa shape index (κ1) is 19.1. The Morgan fingerprint density at radius 1 is 1.42 bits per heavy atom. The van der Waals surface area contributed by atoms with E-state index in [2.05, 4.69) is 0 Å². The highest BCUT2D eigenvalue weighted by molar-refractivity contribution is 5.93. The van der Waals surface area contributed by atoms with Gasteiger partial charge in [-0.15, -0.1) is 0 Å². The number of aliphatic hydroxyl groups is 1. The lowest BCUT2D eigenvalue weighted by molar-refractivity contribution is -0.212. The number of hydrogen-bond acceptors (Lipinski definition) is 6. The third-order valence-electron chi connectivity index (χ3n) is 6.46. The number of esters is 2. The monoisotopic (exact) mass is 364 g/mol. The third-order valence-corrected chi connectivity index (χ3v) is 6.46. The maximum absolute atomic E-state index is 12.5. The van der Waals surface area contributed by atoms with Crippen LogP contribution in [0.15, 0.2) is 22.8 Å². The van der Waals surface area contributed by atoms with Gasteiger partial charge in [0.25, 0.3) is 0 Å². The van der Waals surface area contributed by atoms with Gasteiger partial charge in [0.05, 0.1) is 17.6 Å². The molecular weight excluding hydrogens is 336 g/mol. The Morgan fingerprint density at radius 2 is 2.08 bits per heavy atom. The van der Waals surface area contributed by atoms with Crippen molar-refractivity contribution in [3.05, 3.63) is 22.8 Å². The van der Waals surface area contributed by atoms with Gasteiger partial charge in [0.2, 0.25) is 5.79 Å². The molecule has 1 heterocycles. The Kier molecular flexibility index (Phi) is 4.56. The van der Waals surface area contributed by atoms with Gasteiger partial charge >= 0.3 is 11.9 Å². The lowest BCUT2D eigenvalue weighted by Gasteiger charge is -2.54. The lowest BCUT2D eigenvalue weighted by atomic mass is 9.55. The van der Waals surface area contributed by atoms with E-state index in [-0.39, 0.29) is 17.8 Å². The molecular formula is C20H28O6. The molecule has 6 nitrogen and oxygen atoms in total. The molecule has 3 rings (SSSR count). The molecule has 5 atom stereocenters. The number of methoxy groups -OCH3 is 1. The molecule has 0 saturated heterocycles. The fraction of sp³-hybridized carbons (Fsp3) is 0.700. The molecule has 1 fully saturated rings. The largest absolute Gasteiger partial charge is 0.456 e. The minimum absolute atomic E-state index is 0.154. The molecule has 0 spiro atoms. The molecule has 0 amide bonds. The lowest BCUT2D eigenvalue weighted by Crippen LogP contribution is -2.58. The molecule has 0 bridgehead atoms. The van der Waals surface area contributed by atoms with Crippen molar-refractivity contribution in [1.82, 2.24) is 0 Å². The highest BCUT2D eigenvalue weighted by Gasteiger charge is 2.64. The summed E-state index contributed by atoms with van der Waals surface area (Å²) >= 11 is 0. The van der Waals surface area contributed by atoms with Gasteiger partial charge in [-0.05, 0) is 19.3 Å². The van der Waals surface area contributed by atoms with Crippen LogP contribution in [0.1, 0.15) is 47.5 Å². The van der Waals surface area contributed by atoms with Crippen LogP contribution in [-0.2, 0) is 23.8 Å². The van der Waals surface area contributed by atoms with Gasteiger partial charge in [0.15, 0.2) is 0 Å². The van der Waals surface area contributed by atoms with Crippen LogP contribution in [0.3, 0.4) is 0 Å². The van der Waals surface area contributed by atoms with Crippen molar-refractivity contribution in [1.29, 1.82) is 0 Å². The Hall–Kier alpha value is -1.66. The molecule has 0 aromatic rings. The van der Waals surface area contributed by atoms with E-state index in [4.69, 9.17) is 14.2 Å². The Balaban J connectivity index is 2.21. The first-order valence-electron chi connectivity index (χ1n) is 9.16. The maximum Gasteiger partial charge on any atom is 0.336 e. The SMILES string of the molecule is COC12CC3=CCC(O)C(C)C3(C)C(OC(=O)C(C)C)C1=C(C)C(=O)O2. The van der Waals surface area contributed by atoms with Gasteiger partial charge in [-0.2, -0.15) is 0 Å². The van der Waals surface area contributed by atoms with Crippen molar-refractivity contribution in [3.8, 4) is 0 Å². The average Bonchev–Trinajstić information content (AvgIpc) is 2.84. The van der Waals surface area contributed by atoms with Crippen LogP contribution in [-0.4, -0.2) is 42.1 Å². The molecule has 0 aromatic carbocycles. The van der Waals surface area contributed by atoms with Crippen LogP contribution in [0.25, 0.3) is 0 Å². The predicted molar refractivity (Wildman–Crippen MR) is 93.8 cm³/mol. The van der Waals surface area contributed by atoms with Crippen LogP contribution in [0.2, 0.25) is 0 Å². The number of rotatable bonds is 3. The Morgan fingerprint density at radius 3 is 2.65 bits per heavy atom. The molecule has 144 valence electrons. The molecule has 1 saturated carbocycles. The fourth-order valence-electron chi connectivity index (χ4n) is 4.46. The number of hydrogen-bond donors (Lipinski definition) is 1. The molecule has 0 aromatic heterocycles. The highest BCUT2D eigenvalue weighted by Crippen LogP contribution is 2.59. The fourth-order valence-corrected chi connectivity index (χ4v) is 4.46. The zero-order valence-electron chi connectivity index (χ0n) is 16.3. The molecule has 0 radical (unpaired) electrons. The van der Waals surface area contributed by atoms with Gasteiger partial charge < -0.3 is 19.3 Å². The zero-order valence-corrected chi connectivity index (χ0v) is 16.3. The van der Waals surface area contributed by atoms with Crippen molar-refractivity contribution >= 4 is 11.9 Å². The molecule has 2 aliphatic carbocycles. The van der Waals surface area contributed by atoms with Crippen molar-refractivity contribution in [2.45, 2.75) is 65.5 Å². The summed E-state index contributed by atoms with van der Waals surface area (Å²) in [7, 11) is 1.50. The molecule has 3 aliphatic rings. The normalized spacial score (nSPS) is 39.3. The van der Waals surface area contributed by atoms with E-state index < -0.39 is 29.4 Å². The summed E-state index contributed by atoms with van der Waals surface area (Å²) in [6, 6.07) is 0. The Bertz CT molecular complexity index is 705. The summed E-state index contributed by atoms with van der Waals surface area (Å²) in [5.74, 6) is -2.51. The van der Waals surface area contributed by atoms with Gasteiger partial charge in [0, 0.05) is 24.5 Å². The molecule has 5 unspecified atom stereocenters. The van der Waals surface area contributed by atoms with Crippen molar-refractivity contribution in [2.24, 2.45) is 17.3 Å². The van der Waals surface area contributed by atoms with E-state index in [0.29, 0.717) is 24.0 Å². The topological polar surface area (TPSA) is 82.1 Å². The van der Waals surface area contributed by atoms with E-state index in [1.54, 1.807) is 20.8 Å². The van der Waals surface area contributed by atoms with E-state index in [9.17, 15) is 14.7 Å². The average molecular weight is 364 g/mol. The number of carbonyl (C=O) groups excluding carboxylic acids is 2. The van der Waals surface area contributed by atoms with Crippen molar-refractivity contribution in [2.75, 3.05) is 7.11 Å².